The third-order valence-electron chi connectivity index (χ3n) is 3.15. The number of hydrogen-bond acceptors (Lipinski definition) is 5. The number of benzene rings is 1. The molecule has 110 valence electrons. The molecule has 1 aliphatic rings. The Bertz CT molecular complexity index is 757. The Balaban J connectivity index is 1.85. The van der Waals surface area contributed by atoms with Gasteiger partial charge in [-0.05, 0) is 24.6 Å². The van der Waals surface area contributed by atoms with Crippen LogP contribution in [0.5, 0.6) is 0 Å². The minimum atomic E-state index is -3.24. The molecule has 0 spiro atoms. The first-order valence-electron chi connectivity index (χ1n) is 6.37. The van der Waals surface area contributed by atoms with Crippen molar-refractivity contribution in [3.05, 3.63) is 41.4 Å². The number of aromatic nitrogens is 1. The Hall–Kier alpha value is -1.93. The van der Waals surface area contributed by atoms with Crippen molar-refractivity contribution in [2.45, 2.75) is 6.42 Å². The highest BCUT2D eigenvalue weighted by atomic mass is 32.2. The van der Waals surface area contributed by atoms with Gasteiger partial charge in [-0.1, -0.05) is 6.07 Å². The number of amides is 1. The van der Waals surface area contributed by atoms with E-state index in [0.29, 0.717) is 29.3 Å². The number of anilines is 2. The third kappa shape index (κ3) is 2.91. The molecule has 0 unspecified atom stereocenters. The molecule has 1 N–H and O–H groups in total. The number of carbonyl (C=O) groups excluding carboxylic acids is 1. The Morgan fingerprint density at radius 1 is 1.38 bits per heavy atom. The maximum absolute atomic E-state index is 12.1. The fraction of sp³-hybridized carbons (Fsp3) is 0.231. The molecule has 1 aliphatic heterocycles. The maximum Gasteiger partial charge on any atom is 0.257 e. The average molecular weight is 323 g/mol. The third-order valence-corrected chi connectivity index (χ3v) is 5.71. The van der Waals surface area contributed by atoms with E-state index in [0.717, 1.165) is 0 Å². The summed E-state index contributed by atoms with van der Waals surface area (Å²) in [6, 6.07) is 6.61. The Morgan fingerprint density at radius 2 is 2.24 bits per heavy atom. The van der Waals surface area contributed by atoms with Gasteiger partial charge in [0.1, 0.15) is 0 Å². The van der Waals surface area contributed by atoms with E-state index in [1.165, 1.54) is 15.6 Å². The first-order valence-corrected chi connectivity index (χ1v) is 8.86. The number of nitrogens with zero attached hydrogens (tertiary/aromatic N) is 2. The molecule has 2 heterocycles. The molecule has 0 bridgehead atoms. The highest BCUT2D eigenvalue weighted by Crippen LogP contribution is 2.25. The molecular formula is C13H13N3O3S2. The lowest BCUT2D eigenvalue weighted by Gasteiger charge is -2.17. The number of nitrogens with one attached hydrogen (secondary N) is 1. The fourth-order valence-electron chi connectivity index (χ4n) is 2.19. The van der Waals surface area contributed by atoms with Crippen LogP contribution in [0.3, 0.4) is 0 Å². The summed E-state index contributed by atoms with van der Waals surface area (Å²) in [4.78, 5) is 16.1. The molecule has 1 saturated heterocycles. The summed E-state index contributed by atoms with van der Waals surface area (Å²) in [5, 5.41) is 4.96. The van der Waals surface area contributed by atoms with Gasteiger partial charge in [0, 0.05) is 23.7 Å². The zero-order valence-electron chi connectivity index (χ0n) is 11.0. The summed E-state index contributed by atoms with van der Waals surface area (Å²) in [7, 11) is -3.24. The summed E-state index contributed by atoms with van der Waals surface area (Å²) < 4.78 is 25.2. The molecule has 8 heteroatoms. The summed E-state index contributed by atoms with van der Waals surface area (Å²) in [5.74, 6) is -0.147. The van der Waals surface area contributed by atoms with E-state index in [-0.39, 0.29) is 11.7 Å². The maximum atomic E-state index is 12.1. The van der Waals surface area contributed by atoms with Gasteiger partial charge in [0.25, 0.3) is 5.91 Å². The quantitative estimate of drug-likeness (QED) is 0.936. The molecule has 1 fully saturated rings. The van der Waals surface area contributed by atoms with Crippen molar-refractivity contribution in [2.24, 2.45) is 0 Å². The van der Waals surface area contributed by atoms with E-state index >= 15 is 0 Å². The molecule has 0 aliphatic carbocycles. The van der Waals surface area contributed by atoms with E-state index in [2.05, 4.69) is 10.3 Å². The Kier molecular flexibility index (Phi) is 3.64. The van der Waals surface area contributed by atoms with Crippen molar-refractivity contribution in [1.82, 2.24) is 4.98 Å². The first-order chi connectivity index (χ1) is 10.1. The minimum absolute atomic E-state index is 0.155. The summed E-state index contributed by atoms with van der Waals surface area (Å²) in [5.41, 5.74) is 0.934. The highest BCUT2D eigenvalue weighted by Gasteiger charge is 2.28. The fourth-order valence-corrected chi connectivity index (χ4v) is 4.27. The van der Waals surface area contributed by atoms with Crippen LogP contribution in [0, 0.1) is 0 Å². The van der Waals surface area contributed by atoms with Gasteiger partial charge in [0.15, 0.2) is 5.13 Å². The molecule has 21 heavy (non-hydrogen) atoms. The highest BCUT2D eigenvalue weighted by molar-refractivity contribution is 7.93. The second-order valence-electron chi connectivity index (χ2n) is 4.58. The second kappa shape index (κ2) is 5.45. The van der Waals surface area contributed by atoms with Crippen LogP contribution in [-0.4, -0.2) is 31.6 Å². The van der Waals surface area contributed by atoms with Gasteiger partial charge in [-0.2, -0.15) is 0 Å². The second-order valence-corrected chi connectivity index (χ2v) is 7.49. The SMILES string of the molecule is O=C(Nc1nccs1)c1cccc(N2CCCS2(=O)=O)c1. The summed E-state index contributed by atoms with van der Waals surface area (Å²) >= 11 is 1.33. The normalized spacial score (nSPS) is 16.9. The molecule has 1 aromatic heterocycles. The van der Waals surface area contributed by atoms with Crippen LogP contribution in [-0.2, 0) is 10.0 Å². The van der Waals surface area contributed by atoms with Crippen molar-refractivity contribution in [1.29, 1.82) is 0 Å². The monoisotopic (exact) mass is 323 g/mol. The van der Waals surface area contributed by atoms with E-state index in [1.807, 2.05) is 0 Å². The van der Waals surface area contributed by atoms with Crippen LogP contribution in [0.4, 0.5) is 10.8 Å². The van der Waals surface area contributed by atoms with Crippen molar-refractivity contribution < 1.29 is 13.2 Å². The first kappa shape index (κ1) is 14.0. The molecule has 1 aromatic carbocycles. The van der Waals surface area contributed by atoms with Crippen molar-refractivity contribution in [3.8, 4) is 0 Å². The molecule has 1 amide bonds. The van der Waals surface area contributed by atoms with Gasteiger partial charge in [-0.15, -0.1) is 11.3 Å². The van der Waals surface area contributed by atoms with Crippen LogP contribution in [0.15, 0.2) is 35.8 Å². The summed E-state index contributed by atoms with van der Waals surface area (Å²) in [6.45, 7) is 0.458. The topological polar surface area (TPSA) is 79.4 Å². The molecule has 3 rings (SSSR count). The van der Waals surface area contributed by atoms with Gasteiger partial charge in [-0.3, -0.25) is 14.4 Å². The van der Waals surface area contributed by atoms with Crippen LogP contribution in [0.1, 0.15) is 16.8 Å². The lowest BCUT2D eigenvalue weighted by atomic mass is 10.2. The molecular weight excluding hydrogens is 310 g/mol. The standard InChI is InChI=1S/C13H13N3O3S2/c17-12(15-13-14-5-7-20-13)10-3-1-4-11(9-10)16-6-2-8-21(16,18)19/h1,3-5,7,9H,2,6,8H2,(H,14,15,17). The van der Waals surface area contributed by atoms with Crippen LogP contribution < -0.4 is 9.62 Å². The predicted molar refractivity (Wildman–Crippen MR) is 82.3 cm³/mol. The zero-order valence-corrected chi connectivity index (χ0v) is 12.7. The predicted octanol–water partition coefficient (Wildman–Crippen LogP) is 1.94. The van der Waals surface area contributed by atoms with Gasteiger partial charge in [-0.25, -0.2) is 13.4 Å². The van der Waals surface area contributed by atoms with E-state index in [4.69, 9.17) is 0 Å². The Labute approximate surface area is 126 Å². The van der Waals surface area contributed by atoms with Crippen LogP contribution in [0.25, 0.3) is 0 Å². The summed E-state index contributed by atoms with van der Waals surface area (Å²) in [6.07, 6.45) is 2.21. The molecule has 6 nitrogen and oxygen atoms in total. The van der Waals surface area contributed by atoms with Crippen LogP contribution >= 0.6 is 11.3 Å². The lowest BCUT2D eigenvalue weighted by Crippen LogP contribution is -2.25. The minimum Gasteiger partial charge on any atom is -0.298 e. The average Bonchev–Trinajstić information content (AvgIpc) is 3.08. The van der Waals surface area contributed by atoms with Crippen molar-refractivity contribution in [2.75, 3.05) is 21.9 Å². The van der Waals surface area contributed by atoms with Gasteiger partial charge in [0.2, 0.25) is 10.0 Å². The smallest absolute Gasteiger partial charge is 0.257 e. The molecule has 0 atom stereocenters. The van der Waals surface area contributed by atoms with E-state index in [9.17, 15) is 13.2 Å². The van der Waals surface area contributed by atoms with E-state index in [1.54, 1.807) is 35.8 Å². The van der Waals surface area contributed by atoms with Gasteiger partial charge >= 0.3 is 0 Å². The number of hydrogen-bond donors (Lipinski definition) is 1. The van der Waals surface area contributed by atoms with Gasteiger partial charge < -0.3 is 0 Å². The largest absolute Gasteiger partial charge is 0.298 e. The lowest BCUT2D eigenvalue weighted by molar-refractivity contribution is 0.102. The molecule has 0 radical (unpaired) electrons. The van der Waals surface area contributed by atoms with Crippen LogP contribution in [0.2, 0.25) is 0 Å². The number of rotatable bonds is 3. The number of thiazole rings is 1. The van der Waals surface area contributed by atoms with Gasteiger partial charge in [0.05, 0.1) is 11.4 Å². The molecule has 2 aromatic rings. The zero-order chi connectivity index (χ0) is 14.9. The van der Waals surface area contributed by atoms with Crippen molar-refractivity contribution in [3.63, 3.8) is 0 Å². The number of sulfonamides is 1. The molecule has 0 saturated carbocycles. The van der Waals surface area contributed by atoms with E-state index < -0.39 is 10.0 Å². The number of carbonyl (C=O) groups is 1. The van der Waals surface area contributed by atoms with Crippen molar-refractivity contribution >= 4 is 38.1 Å². The Morgan fingerprint density at radius 3 is 2.90 bits per heavy atom.